The van der Waals surface area contributed by atoms with Crippen LogP contribution in [0.3, 0.4) is 0 Å². The lowest BCUT2D eigenvalue weighted by molar-refractivity contribution is -0.00000207. The maximum absolute atomic E-state index is 5.93. The first-order valence-electron chi connectivity index (χ1n) is 3.12. The minimum absolute atomic E-state index is 0. The summed E-state index contributed by atoms with van der Waals surface area (Å²) in [5.74, 6) is 0. The van der Waals surface area contributed by atoms with Crippen LogP contribution in [0.1, 0.15) is 5.56 Å². The molecule has 1 aromatic heterocycles. The van der Waals surface area contributed by atoms with Crippen molar-refractivity contribution in [3.63, 3.8) is 0 Å². The highest BCUT2D eigenvalue weighted by molar-refractivity contribution is 7.69. The van der Waals surface area contributed by atoms with Gasteiger partial charge in [0.25, 0.3) is 15.2 Å². The van der Waals surface area contributed by atoms with Gasteiger partial charge in [-0.2, -0.15) is 0 Å². The number of halogens is 2. The summed E-state index contributed by atoms with van der Waals surface area (Å²) in [6, 6.07) is 3.99. The summed E-state index contributed by atoms with van der Waals surface area (Å²) in [5.41, 5.74) is 2.15. The van der Waals surface area contributed by atoms with Crippen molar-refractivity contribution in [3.8, 4) is 0 Å². The van der Waals surface area contributed by atoms with Crippen molar-refractivity contribution in [2.24, 2.45) is 0 Å². The zero-order chi connectivity index (χ0) is 7.84. The maximum atomic E-state index is 5.93. The molecule has 0 radical (unpaired) electrons. The average molecular weight is 238 g/mol. The Balaban J connectivity index is 0.000000720. The average Bonchev–Trinajstić information content (AvgIpc) is 2.36. The van der Waals surface area contributed by atoms with E-state index < -0.39 is 0 Å². The van der Waals surface area contributed by atoms with Crippen LogP contribution in [-0.4, -0.2) is 4.37 Å². The molecular weight excluding hydrogens is 233 g/mol. The molecule has 0 saturated carbocycles. The van der Waals surface area contributed by atoms with Gasteiger partial charge in [0.1, 0.15) is 5.52 Å². The summed E-state index contributed by atoms with van der Waals surface area (Å²) >= 11 is 5.93. The molecule has 64 valence electrons. The fourth-order valence-corrected chi connectivity index (χ4v) is 2.87. The van der Waals surface area contributed by atoms with Crippen molar-refractivity contribution >= 4 is 42.7 Å². The molecule has 12 heavy (non-hydrogen) atoms. The summed E-state index contributed by atoms with van der Waals surface area (Å²) in [6.45, 7) is 1.99. The molecule has 5 heteroatoms. The molecule has 0 aliphatic carbocycles. The standard InChI is InChI=1S/C7H5ClNS2.ClH/c1-4-2-6-7(3-5(4)8)10-11-9-6;/h2-3H,1H3;1H/q+1;/p-1. The Morgan fingerprint density at radius 3 is 3.00 bits per heavy atom. The smallest absolute Gasteiger partial charge is 0.323 e. The van der Waals surface area contributed by atoms with Gasteiger partial charge in [-0.15, -0.1) is 4.37 Å². The molecule has 0 N–H and O–H groups in total. The first-order chi connectivity index (χ1) is 5.27. The summed E-state index contributed by atoms with van der Waals surface area (Å²) in [6.07, 6.45) is 0. The van der Waals surface area contributed by atoms with E-state index >= 15 is 0 Å². The van der Waals surface area contributed by atoms with Crippen LogP contribution in [0, 0.1) is 6.92 Å². The predicted octanol–water partition coefficient (Wildman–Crippen LogP) is 0.605. The Bertz CT molecular complexity index is 363. The SMILES string of the molecule is Cc1cc2ns[s+]c2cc1Cl.[Cl-]. The normalized spacial score (nSPS) is 9.83. The third-order valence-electron chi connectivity index (χ3n) is 1.50. The lowest BCUT2D eigenvalue weighted by Crippen LogP contribution is -3.00. The molecule has 1 aromatic carbocycles. The number of benzene rings is 1. The number of hydrogen-bond donors (Lipinski definition) is 0. The molecule has 0 atom stereocenters. The van der Waals surface area contributed by atoms with Crippen LogP contribution < -0.4 is 12.4 Å². The van der Waals surface area contributed by atoms with Gasteiger partial charge in [0, 0.05) is 11.1 Å². The molecule has 0 saturated heterocycles. The number of aryl methyl sites for hydroxylation is 1. The lowest BCUT2D eigenvalue weighted by atomic mass is 10.2. The first-order valence-corrected chi connectivity index (χ1v) is 5.61. The molecule has 0 aliphatic rings. The number of fused-ring (bicyclic) bond motifs is 1. The molecule has 1 nitrogen and oxygen atoms in total. The predicted molar refractivity (Wildman–Crippen MR) is 51.7 cm³/mol. The highest BCUT2D eigenvalue weighted by Gasteiger charge is 2.10. The van der Waals surface area contributed by atoms with E-state index in [1.807, 2.05) is 19.1 Å². The van der Waals surface area contributed by atoms with Crippen molar-refractivity contribution in [1.82, 2.24) is 4.37 Å². The fourth-order valence-electron chi connectivity index (χ4n) is 0.885. The van der Waals surface area contributed by atoms with Gasteiger partial charge in [0.2, 0.25) is 0 Å². The van der Waals surface area contributed by atoms with Crippen molar-refractivity contribution in [1.29, 1.82) is 0 Å². The summed E-state index contributed by atoms with van der Waals surface area (Å²) in [5, 5.41) is 0.828. The van der Waals surface area contributed by atoms with Crippen LogP contribution in [0.2, 0.25) is 5.02 Å². The number of rotatable bonds is 0. The quantitative estimate of drug-likeness (QED) is 0.484. The summed E-state index contributed by atoms with van der Waals surface area (Å²) in [7, 11) is 3.16. The molecule has 0 aliphatic heterocycles. The molecule has 2 aromatic rings. The van der Waals surface area contributed by atoms with Crippen molar-refractivity contribution in [2.45, 2.75) is 6.92 Å². The van der Waals surface area contributed by atoms with Gasteiger partial charge in [-0.05, 0) is 18.6 Å². The molecule has 0 spiro atoms. The second kappa shape index (κ2) is 3.83. The first kappa shape index (κ1) is 10.1. The van der Waals surface area contributed by atoms with Gasteiger partial charge in [0.05, 0.1) is 0 Å². The third kappa shape index (κ3) is 1.69. The van der Waals surface area contributed by atoms with Gasteiger partial charge in [-0.1, -0.05) is 11.6 Å². The van der Waals surface area contributed by atoms with E-state index in [2.05, 4.69) is 4.37 Å². The van der Waals surface area contributed by atoms with Gasteiger partial charge in [0.15, 0.2) is 0 Å². The fraction of sp³-hybridized carbons (Fsp3) is 0.143. The van der Waals surface area contributed by atoms with Gasteiger partial charge >= 0.3 is 10.3 Å². The van der Waals surface area contributed by atoms with E-state index in [9.17, 15) is 0 Å². The van der Waals surface area contributed by atoms with Crippen LogP contribution in [0.4, 0.5) is 0 Å². The van der Waals surface area contributed by atoms with Gasteiger partial charge in [-0.3, -0.25) is 0 Å². The maximum Gasteiger partial charge on any atom is 0.323 e. The van der Waals surface area contributed by atoms with E-state index in [0.29, 0.717) is 0 Å². The van der Waals surface area contributed by atoms with E-state index in [4.69, 9.17) is 11.6 Å². The number of hydrogen-bond acceptors (Lipinski definition) is 2. The van der Waals surface area contributed by atoms with Crippen molar-refractivity contribution in [2.75, 3.05) is 0 Å². The molecule has 0 bridgehead atoms. The van der Waals surface area contributed by atoms with E-state index in [1.54, 1.807) is 10.3 Å². The molecule has 1 heterocycles. The third-order valence-corrected chi connectivity index (χ3v) is 3.75. The van der Waals surface area contributed by atoms with Gasteiger partial charge in [-0.25, -0.2) is 0 Å². The topological polar surface area (TPSA) is 12.9 Å². The summed E-state index contributed by atoms with van der Waals surface area (Å²) < 4.78 is 5.39. The van der Waals surface area contributed by atoms with E-state index in [-0.39, 0.29) is 12.4 Å². The van der Waals surface area contributed by atoms with Crippen molar-refractivity contribution < 1.29 is 12.4 Å². The zero-order valence-corrected chi connectivity index (χ0v) is 9.32. The Morgan fingerprint density at radius 1 is 1.50 bits per heavy atom. The Kier molecular flexibility index (Phi) is 3.23. The molecule has 0 fully saturated rings. The molecule has 0 unspecified atom stereocenters. The second-order valence-electron chi connectivity index (χ2n) is 2.32. The van der Waals surface area contributed by atoms with Crippen LogP contribution >= 0.6 is 32.5 Å². The van der Waals surface area contributed by atoms with Crippen molar-refractivity contribution in [3.05, 3.63) is 22.7 Å². The summed E-state index contributed by atoms with van der Waals surface area (Å²) in [4.78, 5) is 0. The highest BCUT2D eigenvalue weighted by atomic mass is 35.5. The molecular formula is C7H5Cl2NS2. The minimum atomic E-state index is 0. The minimum Gasteiger partial charge on any atom is -1.00 e. The van der Waals surface area contributed by atoms with Crippen LogP contribution in [0.15, 0.2) is 12.1 Å². The Morgan fingerprint density at radius 2 is 2.25 bits per heavy atom. The number of aromatic nitrogens is 1. The number of nitrogens with zero attached hydrogens (tertiary/aromatic N) is 1. The van der Waals surface area contributed by atoms with Gasteiger partial charge < -0.3 is 12.4 Å². The highest BCUT2D eigenvalue weighted by Crippen LogP contribution is 2.27. The monoisotopic (exact) mass is 237 g/mol. The second-order valence-corrected chi connectivity index (χ2v) is 4.61. The Labute approximate surface area is 89.0 Å². The lowest BCUT2D eigenvalue weighted by Gasteiger charge is -1.90. The zero-order valence-electron chi connectivity index (χ0n) is 6.17. The van der Waals surface area contributed by atoms with Crippen LogP contribution in [0.5, 0.6) is 0 Å². The van der Waals surface area contributed by atoms with Crippen LogP contribution in [0.25, 0.3) is 10.2 Å². The van der Waals surface area contributed by atoms with E-state index in [0.717, 1.165) is 16.1 Å². The Hall–Kier alpha value is 0.0400. The molecule has 2 rings (SSSR count). The van der Waals surface area contributed by atoms with Crippen LogP contribution in [-0.2, 0) is 0 Å². The largest absolute Gasteiger partial charge is 1.00 e. The van der Waals surface area contributed by atoms with E-state index in [1.165, 1.54) is 15.2 Å². The molecule has 0 amide bonds.